The lowest BCUT2D eigenvalue weighted by Crippen LogP contribution is -2.16. The van der Waals surface area contributed by atoms with Crippen LogP contribution in [0.5, 0.6) is 0 Å². The summed E-state index contributed by atoms with van der Waals surface area (Å²) in [5, 5.41) is 2.57. The van der Waals surface area contributed by atoms with Crippen LogP contribution in [0.2, 0.25) is 0 Å². The first-order valence-electron chi connectivity index (χ1n) is 5.20. The Balaban J connectivity index is 2.35. The molecule has 1 aromatic carbocycles. The van der Waals surface area contributed by atoms with Crippen LogP contribution in [0.25, 0.3) is 0 Å². The average Bonchev–Trinajstić information content (AvgIpc) is 2.28. The van der Waals surface area contributed by atoms with Crippen LogP contribution < -0.4 is 11.1 Å². The Morgan fingerprint density at radius 1 is 1.50 bits per heavy atom. The quantitative estimate of drug-likeness (QED) is 0.625. The van der Waals surface area contributed by atoms with Crippen molar-refractivity contribution in [3.8, 4) is 0 Å². The highest BCUT2D eigenvalue weighted by atomic mass is 79.9. The van der Waals surface area contributed by atoms with Gasteiger partial charge in [0.2, 0.25) is 5.91 Å². The maximum Gasteiger partial charge on any atom is 0.261 e. The molecule has 1 rings (SSSR count). The molecule has 0 unspecified atom stereocenters. The van der Waals surface area contributed by atoms with E-state index in [4.69, 9.17) is 5.73 Å². The summed E-state index contributed by atoms with van der Waals surface area (Å²) in [5.41, 5.74) is 6.59. The van der Waals surface area contributed by atoms with E-state index in [-0.39, 0.29) is 18.9 Å². The molecule has 0 aromatic heterocycles. The number of carbonyl (C=O) groups excluding carboxylic acids is 1. The summed E-state index contributed by atoms with van der Waals surface area (Å²) in [6, 6.07) is 5.04. The predicted molar refractivity (Wildman–Crippen MR) is 68.6 cm³/mol. The molecule has 0 atom stereocenters. The molecule has 0 aliphatic carbocycles. The van der Waals surface area contributed by atoms with Gasteiger partial charge in [-0.1, -0.05) is 15.9 Å². The zero-order valence-corrected chi connectivity index (χ0v) is 11.0. The number of nitrogen functional groups attached to an aromatic ring is 1. The smallest absolute Gasteiger partial charge is 0.261 e. The van der Waals surface area contributed by atoms with E-state index < -0.39 is 13.0 Å². The van der Waals surface area contributed by atoms with Gasteiger partial charge < -0.3 is 15.8 Å². The number of ether oxygens (including phenoxy) is 1. The maximum atomic E-state index is 11.8. The second kappa shape index (κ2) is 7.27. The summed E-state index contributed by atoms with van der Waals surface area (Å²) in [5.74, 6) is -0.335. The first-order chi connectivity index (χ1) is 8.49. The van der Waals surface area contributed by atoms with Crippen LogP contribution in [-0.2, 0) is 9.53 Å². The Labute approximate surface area is 112 Å². The largest absolute Gasteiger partial charge is 0.397 e. The second-order valence-electron chi connectivity index (χ2n) is 3.50. The van der Waals surface area contributed by atoms with E-state index >= 15 is 0 Å². The Hall–Kier alpha value is -1.21. The normalized spacial score (nSPS) is 10.7. The summed E-state index contributed by atoms with van der Waals surface area (Å²) in [7, 11) is 0. The van der Waals surface area contributed by atoms with E-state index in [1.54, 1.807) is 18.2 Å². The average molecular weight is 323 g/mol. The lowest BCUT2D eigenvalue weighted by Gasteiger charge is -2.08. The molecule has 0 saturated heterocycles. The number of hydrogen-bond donors (Lipinski definition) is 2. The molecule has 0 fully saturated rings. The van der Waals surface area contributed by atoms with E-state index in [0.29, 0.717) is 11.4 Å². The molecule has 0 aliphatic heterocycles. The van der Waals surface area contributed by atoms with Gasteiger partial charge in [0.05, 0.1) is 24.4 Å². The van der Waals surface area contributed by atoms with Gasteiger partial charge in [-0.2, -0.15) is 0 Å². The lowest BCUT2D eigenvalue weighted by molar-refractivity contribution is -0.117. The molecule has 18 heavy (non-hydrogen) atoms. The summed E-state index contributed by atoms with van der Waals surface area (Å²) < 4.78 is 28.9. The number of benzene rings is 1. The molecule has 100 valence electrons. The van der Waals surface area contributed by atoms with Crippen LogP contribution in [0.1, 0.15) is 6.42 Å². The number of nitrogens with one attached hydrogen (secondary N) is 1. The number of rotatable bonds is 6. The van der Waals surface area contributed by atoms with E-state index in [1.165, 1.54) is 0 Å². The first-order valence-corrected chi connectivity index (χ1v) is 5.99. The number of alkyl halides is 2. The van der Waals surface area contributed by atoms with Crippen molar-refractivity contribution in [3.05, 3.63) is 22.7 Å². The molecular formula is C11H13BrF2N2O2. The second-order valence-corrected chi connectivity index (χ2v) is 4.41. The van der Waals surface area contributed by atoms with Crippen LogP contribution in [0.15, 0.2) is 22.7 Å². The number of hydrogen-bond acceptors (Lipinski definition) is 3. The van der Waals surface area contributed by atoms with Gasteiger partial charge in [0, 0.05) is 4.47 Å². The Morgan fingerprint density at radius 3 is 2.83 bits per heavy atom. The Bertz CT molecular complexity index is 416. The molecule has 0 spiro atoms. The van der Waals surface area contributed by atoms with Crippen LogP contribution in [0, 0.1) is 0 Å². The summed E-state index contributed by atoms with van der Waals surface area (Å²) in [4.78, 5) is 11.4. The van der Waals surface area contributed by atoms with Crippen LogP contribution in [0.3, 0.4) is 0 Å². The molecule has 0 aliphatic rings. The molecule has 1 amide bonds. The minimum atomic E-state index is -2.52. The van der Waals surface area contributed by atoms with Crippen molar-refractivity contribution in [2.75, 3.05) is 24.3 Å². The van der Waals surface area contributed by atoms with Gasteiger partial charge in [0.25, 0.3) is 6.43 Å². The van der Waals surface area contributed by atoms with E-state index in [0.717, 1.165) is 4.47 Å². The van der Waals surface area contributed by atoms with Crippen molar-refractivity contribution in [2.45, 2.75) is 12.8 Å². The van der Waals surface area contributed by atoms with Gasteiger partial charge in [-0.3, -0.25) is 4.79 Å². The zero-order chi connectivity index (χ0) is 13.5. The van der Waals surface area contributed by atoms with E-state index in [9.17, 15) is 13.6 Å². The molecule has 3 N–H and O–H groups in total. The maximum absolute atomic E-state index is 11.8. The van der Waals surface area contributed by atoms with Crippen LogP contribution >= 0.6 is 15.9 Å². The lowest BCUT2D eigenvalue weighted by atomic mass is 10.2. The van der Waals surface area contributed by atoms with Gasteiger partial charge in [-0.15, -0.1) is 0 Å². The molecule has 0 radical (unpaired) electrons. The van der Waals surface area contributed by atoms with Crippen LogP contribution in [0.4, 0.5) is 20.2 Å². The monoisotopic (exact) mass is 322 g/mol. The topological polar surface area (TPSA) is 64.3 Å². The van der Waals surface area contributed by atoms with Crippen molar-refractivity contribution in [2.24, 2.45) is 0 Å². The molecule has 4 nitrogen and oxygen atoms in total. The standard InChI is InChI=1S/C11H13BrF2N2O2/c12-7-1-2-9(8(15)5-7)16-11(17)3-4-18-6-10(13)14/h1-2,5,10H,3-4,6,15H2,(H,16,17). The predicted octanol–water partition coefficient (Wildman–Crippen LogP) is 2.64. The summed E-state index contributed by atoms with van der Waals surface area (Å²) in [6.45, 7) is -0.708. The Morgan fingerprint density at radius 2 is 2.22 bits per heavy atom. The molecule has 0 bridgehead atoms. The van der Waals surface area contributed by atoms with E-state index in [1.807, 2.05) is 0 Å². The van der Waals surface area contributed by atoms with Gasteiger partial charge in [-0.05, 0) is 18.2 Å². The highest BCUT2D eigenvalue weighted by Gasteiger charge is 2.07. The highest BCUT2D eigenvalue weighted by Crippen LogP contribution is 2.22. The minimum Gasteiger partial charge on any atom is -0.397 e. The fourth-order valence-corrected chi connectivity index (χ4v) is 1.58. The third-order valence-corrected chi connectivity index (χ3v) is 2.50. The third kappa shape index (κ3) is 5.42. The molecule has 1 aromatic rings. The number of amides is 1. The van der Waals surface area contributed by atoms with Crippen molar-refractivity contribution >= 4 is 33.2 Å². The molecule has 7 heteroatoms. The number of nitrogens with two attached hydrogens (primary N) is 1. The first kappa shape index (κ1) is 14.8. The zero-order valence-electron chi connectivity index (χ0n) is 9.46. The van der Waals surface area contributed by atoms with Crippen molar-refractivity contribution < 1.29 is 18.3 Å². The fraction of sp³-hybridized carbons (Fsp3) is 0.364. The minimum absolute atomic E-state index is 0.00221. The highest BCUT2D eigenvalue weighted by molar-refractivity contribution is 9.10. The van der Waals surface area contributed by atoms with Gasteiger partial charge in [0.15, 0.2) is 0 Å². The van der Waals surface area contributed by atoms with Crippen molar-refractivity contribution in [1.29, 1.82) is 0 Å². The van der Waals surface area contributed by atoms with Gasteiger partial charge in [-0.25, -0.2) is 8.78 Å². The molecular weight excluding hydrogens is 310 g/mol. The summed E-state index contributed by atoms with van der Waals surface area (Å²) in [6.07, 6.45) is -2.52. The SMILES string of the molecule is Nc1cc(Br)ccc1NC(=O)CCOCC(F)F. The summed E-state index contributed by atoms with van der Waals surface area (Å²) >= 11 is 3.24. The molecule has 0 saturated carbocycles. The van der Waals surface area contributed by atoms with Crippen LogP contribution in [-0.4, -0.2) is 25.5 Å². The Kier molecular flexibility index (Phi) is 6.00. The number of carbonyl (C=O) groups is 1. The van der Waals surface area contributed by atoms with E-state index in [2.05, 4.69) is 26.0 Å². The molecule has 0 heterocycles. The fourth-order valence-electron chi connectivity index (χ4n) is 1.20. The van der Waals surface area contributed by atoms with Crippen molar-refractivity contribution in [3.63, 3.8) is 0 Å². The number of anilines is 2. The van der Waals surface area contributed by atoms with Crippen molar-refractivity contribution in [1.82, 2.24) is 0 Å². The third-order valence-electron chi connectivity index (χ3n) is 2.01. The van der Waals surface area contributed by atoms with Gasteiger partial charge in [0.1, 0.15) is 6.61 Å². The van der Waals surface area contributed by atoms with Gasteiger partial charge >= 0.3 is 0 Å². The number of halogens is 3.